The Kier molecular flexibility index (Phi) is 4.75. The summed E-state index contributed by atoms with van der Waals surface area (Å²) in [5, 5.41) is 10.5. The first kappa shape index (κ1) is 15.7. The monoisotopic (exact) mass is 316 g/mol. The molecule has 0 fully saturated rings. The van der Waals surface area contributed by atoms with E-state index in [0.717, 1.165) is 12.1 Å². The first-order valence-corrected chi connectivity index (χ1v) is 6.47. The minimum Gasteiger partial charge on any atom is -0.491 e. The second-order valence-corrected chi connectivity index (χ2v) is 4.84. The molecule has 112 valence electrons. The van der Waals surface area contributed by atoms with E-state index in [1.165, 1.54) is 12.1 Å². The highest BCUT2D eigenvalue weighted by molar-refractivity contribution is 6.30. The predicted molar refractivity (Wildman–Crippen MR) is 73.4 cm³/mol. The average Bonchev–Trinajstić information content (AvgIpc) is 2.45. The van der Waals surface area contributed by atoms with Gasteiger partial charge in [0.15, 0.2) is 0 Å². The van der Waals surface area contributed by atoms with Crippen molar-refractivity contribution in [3.8, 4) is 5.75 Å². The first-order chi connectivity index (χ1) is 9.86. The molecule has 1 unspecified atom stereocenters. The average molecular weight is 317 g/mol. The summed E-state index contributed by atoms with van der Waals surface area (Å²) in [7, 11) is 0. The highest BCUT2D eigenvalue weighted by Gasteiger charge is 2.30. The molecule has 0 spiro atoms. The van der Waals surface area contributed by atoms with Crippen LogP contribution in [0, 0.1) is 0 Å². The topological polar surface area (TPSA) is 29.5 Å². The molecule has 0 aliphatic rings. The van der Waals surface area contributed by atoms with Gasteiger partial charge in [-0.1, -0.05) is 23.7 Å². The summed E-state index contributed by atoms with van der Waals surface area (Å²) in [5.74, 6) is 0.260. The fourth-order valence-corrected chi connectivity index (χ4v) is 1.82. The van der Waals surface area contributed by atoms with E-state index in [0.29, 0.717) is 10.6 Å². The summed E-state index contributed by atoms with van der Waals surface area (Å²) in [6, 6.07) is 10.9. The van der Waals surface area contributed by atoms with Crippen molar-refractivity contribution in [2.75, 3.05) is 6.61 Å². The van der Waals surface area contributed by atoms with Crippen molar-refractivity contribution in [2.45, 2.75) is 12.3 Å². The molecule has 2 aromatic rings. The van der Waals surface area contributed by atoms with Crippen molar-refractivity contribution in [2.24, 2.45) is 0 Å². The molecule has 0 saturated heterocycles. The second kappa shape index (κ2) is 6.37. The number of hydrogen-bond donors (Lipinski definition) is 1. The maximum Gasteiger partial charge on any atom is 0.416 e. The maximum absolute atomic E-state index is 12.4. The molecular formula is C15H12ClF3O2. The van der Waals surface area contributed by atoms with Crippen molar-refractivity contribution in [1.29, 1.82) is 0 Å². The Labute approximate surface area is 124 Å². The van der Waals surface area contributed by atoms with Gasteiger partial charge in [0, 0.05) is 5.02 Å². The largest absolute Gasteiger partial charge is 0.491 e. The number of benzene rings is 2. The van der Waals surface area contributed by atoms with Crippen LogP contribution in [0.15, 0.2) is 48.5 Å². The van der Waals surface area contributed by atoms with Gasteiger partial charge in [-0.2, -0.15) is 13.2 Å². The van der Waals surface area contributed by atoms with Gasteiger partial charge in [-0.05, 0) is 42.0 Å². The lowest BCUT2D eigenvalue weighted by molar-refractivity contribution is -0.137. The molecule has 2 rings (SSSR count). The SMILES string of the molecule is OC(COc1ccc(C(F)(F)F)cc1)c1ccc(Cl)cc1. The fraction of sp³-hybridized carbons (Fsp3) is 0.200. The Bertz CT molecular complexity index is 579. The van der Waals surface area contributed by atoms with E-state index >= 15 is 0 Å². The smallest absolute Gasteiger partial charge is 0.416 e. The van der Waals surface area contributed by atoms with Crippen molar-refractivity contribution >= 4 is 11.6 Å². The Balaban J connectivity index is 1.95. The van der Waals surface area contributed by atoms with Crippen molar-refractivity contribution in [1.82, 2.24) is 0 Å². The van der Waals surface area contributed by atoms with Crippen LogP contribution in [0.3, 0.4) is 0 Å². The van der Waals surface area contributed by atoms with Gasteiger partial charge in [0.05, 0.1) is 5.56 Å². The highest BCUT2D eigenvalue weighted by atomic mass is 35.5. The van der Waals surface area contributed by atoms with Crippen molar-refractivity contribution < 1.29 is 23.0 Å². The van der Waals surface area contributed by atoms with Gasteiger partial charge in [0.2, 0.25) is 0 Å². The number of aliphatic hydroxyl groups is 1. The zero-order valence-electron chi connectivity index (χ0n) is 10.8. The molecular weight excluding hydrogens is 305 g/mol. The Morgan fingerprint density at radius 3 is 2.10 bits per heavy atom. The van der Waals surface area contributed by atoms with Crippen molar-refractivity contribution in [3.63, 3.8) is 0 Å². The minimum atomic E-state index is -4.37. The number of halogens is 4. The van der Waals surface area contributed by atoms with Crippen LogP contribution >= 0.6 is 11.6 Å². The van der Waals surface area contributed by atoms with Crippen LogP contribution in [0.1, 0.15) is 17.2 Å². The van der Waals surface area contributed by atoms with Gasteiger partial charge in [0.25, 0.3) is 0 Å². The van der Waals surface area contributed by atoms with E-state index in [4.69, 9.17) is 16.3 Å². The standard InChI is InChI=1S/C15H12ClF3O2/c16-12-5-1-10(2-6-12)14(20)9-21-13-7-3-11(4-8-13)15(17,18)19/h1-8,14,20H,9H2. The number of alkyl halides is 3. The van der Waals surface area contributed by atoms with Gasteiger partial charge in [0.1, 0.15) is 18.5 Å². The molecule has 0 heterocycles. The normalized spacial score (nSPS) is 13.0. The summed E-state index contributed by atoms with van der Waals surface area (Å²) in [6.45, 7) is -0.0625. The molecule has 0 aliphatic carbocycles. The lowest BCUT2D eigenvalue weighted by Crippen LogP contribution is -2.10. The molecule has 0 bridgehead atoms. The molecule has 0 aromatic heterocycles. The van der Waals surface area contributed by atoms with Crippen LogP contribution < -0.4 is 4.74 Å². The Morgan fingerprint density at radius 2 is 1.57 bits per heavy atom. The molecule has 2 aromatic carbocycles. The zero-order chi connectivity index (χ0) is 15.5. The van der Waals surface area contributed by atoms with Gasteiger partial charge < -0.3 is 9.84 Å². The molecule has 0 aliphatic heterocycles. The van der Waals surface area contributed by atoms with Crippen LogP contribution in [-0.2, 0) is 6.18 Å². The highest BCUT2D eigenvalue weighted by Crippen LogP contribution is 2.30. The molecule has 0 saturated carbocycles. The Hall–Kier alpha value is -1.72. The third kappa shape index (κ3) is 4.37. The summed E-state index contributed by atoms with van der Waals surface area (Å²) in [4.78, 5) is 0. The fourth-order valence-electron chi connectivity index (χ4n) is 1.70. The maximum atomic E-state index is 12.4. The van der Waals surface area contributed by atoms with Gasteiger partial charge in [-0.25, -0.2) is 0 Å². The van der Waals surface area contributed by atoms with Gasteiger partial charge in [-0.3, -0.25) is 0 Å². The van der Waals surface area contributed by atoms with E-state index in [1.54, 1.807) is 24.3 Å². The van der Waals surface area contributed by atoms with E-state index in [9.17, 15) is 18.3 Å². The molecule has 0 amide bonds. The van der Waals surface area contributed by atoms with Crippen LogP contribution in [-0.4, -0.2) is 11.7 Å². The van der Waals surface area contributed by atoms with E-state index in [-0.39, 0.29) is 12.4 Å². The predicted octanol–water partition coefficient (Wildman–Crippen LogP) is 4.47. The lowest BCUT2D eigenvalue weighted by Gasteiger charge is -2.13. The molecule has 2 nitrogen and oxygen atoms in total. The minimum absolute atomic E-state index is 0.0625. The van der Waals surface area contributed by atoms with Gasteiger partial charge in [-0.15, -0.1) is 0 Å². The van der Waals surface area contributed by atoms with Crippen LogP contribution in [0.25, 0.3) is 0 Å². The summed E-state index contributed by atoms with van der Waals surface area (Å²) >= 11 is 5.74. The molecule has 1 atom stereocenters. The van der Waals surface area contributed by atoms with Crippen LogP contribution in [0.5, 0.6) is 5.75 Å². The van der Waals surface area contributed by atoms with Crippen LogP contribution in [0.4, 0.5) is 13.2 Å². The van der Waals surface area contributed by atoms with E-state index in [1.807, 2.05) is 0 Å². The summed E-state index contributed by atoms with van der Waals surface area (Å²) < 4.78 is 42.5. The number of aliphatic hydroxyl groups excluding tert-OH is 1. The zero-order valence-corrected chi connectivity index (χ0v) is 11.5. The second-order valence-electron chi connectivity index (χ2n) is 4.40. The third-order valence-corrected chi connectivity index (χ3v) is 3.10. The number of ether oxygens (including phenoxy) is 1. The van der Waals surface area contributed by atoms with Crippen LogP contribution in [0.2, 0.25) is 5.02 Å². The van der Waals surface area contributed by atoms with Crippen molar-refractivity contribution in [3.05, 3.63) is 64.7 Å². The van der Waals surface area contributed by atoms with E-state index < -0.39 is 17.8 Å². The van der Waals surface area contributed by atoms with E-state index in [2.05, 4.69) is 0 Å². The molecule has 21 heavy (non-hydrogen) atoms. The van der Waals surface area contributed by atoms with Gasteiger partial charge >= 0.3 is 6.18 Å². The summed E-state index contributed by atoms with van der Waals surface area (Å²) in [6.07, 6.45) is -5.26. The third-order valence-electron chi connectivity index (χ3n) is 2.84. The molecule has 1 N–H and O–H groups in total. The number of rotatable bonds is 4. The number of hydrogen-bond acceptors (Lipinski definition) is 2. The quantitative estimate of drug-likeness (QED) is 0.901. The molecule has 0 radical (unpaired) electrons. The summed E-state index contributed by atoms with van der Waals surface area (Å²) in [5.41, 5.74) is -0.126. The molecule has 6 heteroatoms. The lowest BCUT2D eigenvalue weighted by atomic mass is 10.1. The Morgan fingerprint density at radius 1 is 1.00 bits per heavy atom. The first-order valence-electron chi connectivity index (χ1n) is 6.10.